The minimum absolute atomic E-state index is 0.336. The Labute approximate surface area is 73.7 Å². The first-order chi connectivity index (χ1) is 5.79. The van der Waals surface area contributed by atoms with Crippen molar-refractivity contribution in [3.63, 3.8) is 0 Å². The topological polar surface area (TPSA) is 55.1 Å². The van der Waals surface area contributed by atoms with Crippen LogP contribution in [0.15, 0.2) is 0 Å². The number of nitrogens with two attached hydrogens (primary N) is 1. The second kappa shape index (κ2) is 5.01. The Bertz CT molecular complexity index is 139. The zero-order chi connectivity index (χ0) is 8.81. The average molecular weight is 170 g/mol. The molecule has 1 saturated carbocycles. The van der Waals surface area contributed by atoms with Gasteiger partial charge in [0, 0.05) is 6.04 Å². The third-order valence-corrected chi connectivity index (χ3v) is 2.45. The highest BCUT2D eigenvalue weighted by molar-refractivity contribution is 5.71. The smallest absolute Gasteiger partial charge is 0.312 e. The fraction of sp³-hybridized carbons (Fsp3) is 0.889. The van der Waals surface area contributed by atoms with Crippen LogP contribution < -0.4 is 11.1 Å². The second-order valence-electron chi connectivity index (χ2n) is 3.55. The second-order valence-corrected chi connectivity index (χ2v) is 3.55. The van der Waals surface area contributed by atoms with Crippen molar-refractivity contribution in [2.24, 2.45) is 5.73 Å². The number of hydrogen-bond donors (Lipinski definition) is 2. The van der Waals surface area contributed by atoms with E-state index in [4.69, 9.17) is 5.73 Å². The molecule has 2 amide bonds. The van der Waals surface area contributed by atoms with Crippen molar-refractivity contribution in [1.29, 1.82) is 0 Å². The molecule has 0 radical (unpaired) electrons. The number of nitrogens with one attached hydrogen (secondary N) is 1. The van der Waals surface area contributed by atoms with Crippen molar-refractivity contribution in [2.75, 3.05) is 0 Å². The predicted octanol–water partition coefficient (Wildman–Crippen LogP) is 1.77. The van der Waals surface area contributed by atoms with Crippen LogP contribution in [0.25, 0.3) is 0 Å². The molecule has 0 aromatic heterocycles. The molecule has 1 aliphatic carbocycles. The van der Waals surface area contributed by atoms with Crippen LogP contribution in [0.2, 0.25) is 0 Å². The summed E-state index contributed by atoms with van der Waals surface area (Å²) in [6.45, 7) is 0. The van der Waals surface area contributed by atoms with Gasteiger partial charge in [-0.25, -0.2) is 4.79 Å². The van der Waals surface area contributed by atoms with Gasteiger partial charge < -0.3 is 11.1 Å². The first kappa shape index (κ1) is 9.36. The number of primary amides is 1. The van der Waals surface area contributed by atoms with E-state index >= 15 is 0 Å². The molecule has 0 bridgehead atoms. The summed E-state index contributed by atoms with van der Waals surface area (Å²) in [6.07, 6.45) is 8.61. The fourth-order valence-corrected chi connectivity index (χ4v) is 1.80. The predicted molar refractivity (Wildman–Crippen MR) is 48.8 cm³/mol. The quantitative estimate of drug-likeness (QED) is 0.619. The third-order valence-electron chi connectivity index (χ3n) is 2.45. The summed E-state index contributed by atoms with van der Waals surface area (Å²) in [6, 6.07) is -0.0385. The zero-order valence-corrected chi connectivity index (χ0v) is 7.51. The fourth-order valence-electron chi connectivity index (χ4n) is 1.80. The molecule has 1 rings (SSSR count). The van der Waals surface area contributed by atoms with Crippen molar-refractivity contribution < 1.29 is 4.79 Å². The summed E-state index contributed by atoms with van der Waals surface area (Å²) < 4.78 is 0. The molecule has 3 nitrogen and oxygen atoms in total. The van der Waals surface area contributed by atoms with Crippen LogP contribution in [-0.4, -0.2) is 12.1 Å². The van der Waals surface area contributed by atoms with Gasteiger partial charge in [0.1, 0.15) is 0 Å². The summed E-state index contributed by atoms with van der Waals surface area (Å²) in [4.78, 5) is 10.6. The molecule has 0 heterocycles. The number of hydrogen-bond acceptors (Lipinski definition) is 1. The van der Waals surface area contributed by atoms with Crippen LogP contribution in [-0.2, 0) is 0 Å². The maximum Gasteiger partial charge on any atom is 0.312 e. The van der Waals surface area contributed by atoms with Crippen molar-refractivity contribution in [1.82, 2.24) is 5.32 Å². The lowest BCUT2D eigenvalue weighted by molar-refractivity contribution is 0.242. The minimum Gasteiger partial charge on any atom is -0.352 e. The Morgan fingerprint density at radius 2 is 1.58 bits per heavy atom. The Balaban J connectivity index is 2.24. The Kier molecular flexibility index (Phi) is 3.91. The first-order valence-corrected chi connectivity index (χ1v) is 4.85. The van der Waals surface area contributed by atoms with Gasteiger partial charge in [0.2, 0.25) is 0 Å². The van der Waals surface area contributed by atoms with Crippen molar-refractivity contribution in [2.45, 2.75) is 51.0 Å². The zero-order valence-electron chi connectivity index (χ0n) is 7.51. The van der Waals surface area contributed by atoms with Gasteiger partial charge in [0.15, 0.2) is 0 Å². The van der Waals surface area contributed by atoms with Gasteiger partial charge in [-0.1, -0.05) is 32.1 Å². The molecule has 0 spiro atoms. The van der Waals surface area contributed by atoms with E-state index in [-0.39, 0.29) is 6.03 Å². The number of urea groups is 1. The number of rotatable bonds is 1. The van der Waals surface area contributed by atoms with E-state index in [0.29, 0.717) is 6.04 Å². The van der Waals surface area contributed by atoms with Crippen LogP contribution in [0.1, 0.15) is 44.9 Å². The van der Waals surface area contributed by atoms with Gasteiger partial charge >= 0.3 is 6.03 Å². The van der Waals surface area contributed by atoms with Gasteiger partial charge in [-0.3, -0.25) is 0 Å². The molecule has 3 heteroatoms. The van der Waals surface area contributed by atoms with Crippen molar-refractivity contribution in [3.8, 4) is 0 Å². The Morgan fingerprint density at radius 3 is 2.08 bits per heavy atom. The SMILES string of the molecule is NC(=O)NC1CCCCCCC1. The lowest BCUT2D eigenvalue weighted by atomic mass is 9.97. The van der Waals surface area contributed by atoms with Crippen LogP contribution in [0.3, 0.4) is 0 Å². The largest absolute Gasteiger partial charge is 0.352 e. The van der Waals surface area contributed by atoms with Crippen LogP contribution in [0.5, 0.6) is 0 Å². The van der Waals surface area contributed by atoms with E-state index in [1.54, 1.807) is 0 Å². The van der Waals surface area contributed by atoms with Crippen molar-refractivity contribution >= 4 is 6.03 Å². The lowest BCUT2D eigenvalue weighted by Crippen LogP contribution is -2.38. The van der Waals surface area contributed by atoms with Gasteiger partial charge in [-0.05, 0) is 12.8 Å². The van der Waals surface area contributed by atoms with E-state index < -0.39 is 0 Å². The summed E-state index contributed by atoms with van der Waals surface area (Å²) in [5, 5.41) is 2.79. The number of amides is 2. The highest BCUT2D eigenvalue weighted by atomic mass is 16.2. The molecule has 0 aromatic rings. The molecule has 12 heavy (non-hydrogen) atoms. The molecule has 0 unspecified atom stereocenters. The molecule has 70 valence electrons. The third kappa shape index (κ3) is 3.60. The molecule has 0 atom stereocenters. The van der Waals surface area contributed by atoms with Crippen LogP contribution in [0, 0.1) is 0 Å². The van der Waals surface area contributed by atoms with E-state index in [1.807, 2.05) is 0 Å². The Hall–Kier alpha value is -0.730. The summed E-state index contributed by atoms with van der Waals surface area (Å²) in [7, 11) is 0. The summed E-state index contributed by atoms with van der Waals surface area (Å²) >= 11 is 0. The van der Waals surface area contributed by atoms with Crippen LogP contribution >= 0.6 is 0 Å². The van der Waals surface area contributed by atoms with E-state index in [9.17, 15) is 4.79 Å². The normalized spacial score (nSPS) is 21.0. The number of carbonyl (C=O) groups excluding carboxylic acids is 1. The minimum atomic E-state index is -0.374. The highest BCUT2D eigenvalue weighted by Crippen LogP contribution is 2.16. The van der Waals surface area contributed by atoms with E-state index in [1.165, 1.54) is 32.1 Å². The van der Waals surface area contributed by atoms with E-state index in [0.717, 1.165) is 12.8 Å². The Morgan fingerprint density at radius 1 is 1.08 bits per heavy atom. The number of carbonyl (C=O) groups is 1. The maximum absolute atomic E-state index is 10.6. The monoisotopic (exact) mass is 170 g/mol. The summed E-state index contributed by atoms with van der Waals surface area (Å²) in [5.41, 5.74) is 5.06. The molecule has 1 fully saturated rings. The molecular weight excluding hydrogens is 152 g/mol. The van der Waals surface area contributed by atoms with E-state index in [2.05, 4.69) is 5.32 Å². The highest BCUT2D eigenvalue weighted by Gasteiger charge is 2.11. The molecule has 1 aliphatic rings. The standard InChI is InChI=1S/C9H18N2O/c10-9(12)11-8-6-4-2-1-3-5-7-8/h8H,1-7H2,(H3,10,11,12). The molecule has 0 aromatic carbocycles. The molecule has 3 N–H and O–H groups in total. The van der Waals surface area contributed by atoms with Crippen LogP contribution in [0.4, 0.5) is 4.79 Å². The van der Waals surface area contributed by atoms with Gasteiger partial charge in [-0.15, -0.1) is 0 Å². The average Bonchev–Trinajstić information content (AvgIpc) is 1.93. The summed E-state index contributed by atoms with van der Waals surface area (Å²) in [5.74, 6) is 0. The molecule has 0 aliphatic heterocycles. The van der Waals surface area contributed by atoms with Gasteiger partial charge in [0.05, 0.1) is 0 Å². The van der Waals surface area contributed by atoms with Gasteiger partial charge in [0.25, 0.3) is 0 Å². The maximum atomic E-state index is 10.6. The lowest BCUT2D eigenvalue weighted by Gasteiger charge is -2.19. The van der Waals surface area contributed by atoms with Gasteiger partial charge in [-0.2, -0.15) is 0 Å². The molecule has 0 saturated heterocycles. The van der Waals surface area contributed by atoms with Crippen molar-refractivity contribution in [3.05, 3.63) is 0 Å². The molecular formula is C9H18N2O. The first-order valence-electron chi connectivity index (χ1n) is 4.85.